The smallest absolute Gasteiger partial charge is 0.411 e. The van der Waals surface area contributed by atoms with Crippen molar-refractivity contribution in [1.29, 1.82) is 0 Å². The minimum atomic E-state index is -0.572. The number of carbonyl (C=O) groups is 2. The molecule has 19 heavy (non-hydrogen) atoms. The lowest BCUT2D eigenvalue weighted by atomic mass is 10.2. The fraction of sp³-hybridized carbons (Fsp3) is 0.0833. The second-order valence-electron chi connectivity index (χ2n) is 3.62. The fourth-order valence-electron chi connectivity index (χ4n) is 1.42. The van der Waals surface area contributed by atoms with Crippen LogP contribution in [0.25, 0.3) is 0 Å². The standard InChI is InChI=1S/C12H12N4O3/c1-19-12(18)15-9-4-2-3-8(7-9)14-11(17)10-5-6-13-16-10/h2-7H,1H3,(H,13,16)(H,14,17)(H,15,18). The number of aromatic amines is 1. The van der Waals surface area contributed by atoms with Crippen LogP contribution in [0.1, 0.15) is 10.5 Å². The summed E-state index contributed by atoms with van der Waals surface area (Å²) in [6, 6.07) is 8.27. The highest BCUT2D eigenvalue weighted by atomic mass is 16.5. The van der Waals surface area contributed by atoms with Crippen molar-refractivity contribution in [3.63, 3.8) is 0 Å². The van der Waals surface area contributed by atoms with Gasteiger partial charge in [-0.2, -0.15) is 5.10 Å². The van der Waals surface area contributed by atoms with E-state index in [2.05, 4.69) is 25.6 Å². The van der Waals surface area contributed by atoms with Gasteiger partial charge in [0.05, 0.1) is 7.11 Å². The van der Waals surface area contributed by atoms with Crippen molar-refractivity contribution in [1.82, 2.24) is 10.2 Å². The molecule has 0 unspecified atom stereocenters. The van der Waals surface area contributed by atoms with E-state index in [1.807, 2.05) is 0 Å². The molecule has 0 radical (unpaired) electrons. The SMILES string of the molecule is COC(=O)Nc1cccc(NC(=O)c2ccn[nH]2)c1. The van der Waals surface area contributed by atoms with Gasteiger partial charge in [0, 0.05) is 17.6 Å². The number of carbonyl (C=O) groups excluding carboxylic acids is 2. The van der Waals surface area contributed by atoms with Crippen molar-refractivity contribution in [3.05, 3.63) is 42.2 Å². The second-order valence-corrected chi connectivity index (χ2v) is 3.62. The highest BCUT2D eigenvalue weighted by Gasteiger charge is 2.08. The number of hydrogen-bond acceptors (Lipinski definition) is 4. The average molecular weight is 260 g/mol. The number of anilines is 2. The van der Waals surface area contributed by atoms with Crippen molar-refractivity contribution >= 4 is 23.4 Å². The first-order chi connectivity index (χ1) is 9.19. The van der Waals surface area contributed by atoms with Gasteiger partial charge < -0.3 is 10.1 Å². The van der Waals surface area contributed by atoms with E-state index in [0.29, 0.717) is 17.1 Å². The molecule has 1 heterocycles. The molecule has 7 nitrogen and oxygen atoms in total. The Bertz CT molecular complexity index is 580. The van der Waals surface area contributed by atoms with Crippen LogP contribution in [0.3, 0.4) is 0 Å². The summed E-state index contributed by atoms with van der Waals surface area (Å²) in [6.07, 6.45) is 0.918. The largest absolute Gasteiger partial charge is 0.453 e. The number of hydrogen-bond donors (Lipinski definition) is 3. The fourth-order valence-corrected chi connectivity index (χ4v) is 1.42. The Labute approximate surface area is 109 Å². The molecule has 2 rings (SSSR count). The van der Waals surface area contributed by atoms with Gasteiger partial charge in [-0.1, -0.05) is 6.07 Å². The van der Waals surface area contributed by atoms with Crippen LogP contribution in [-0.4, -0.2) is 29.3 Å². The number of nitrogens with zero attached hydrogens (tertiary/aromatic N) is 1. The van der Waals surface area contributed by atoms with Gasteiger partial charge in [-0.3, -0.25) is 15.2 Å². The Morgan fingerprint density at radius 3 is 2.58 bits per heavy atom. The van der Waals surface area contributed by atoms with Crippen LogP contribution in [-0.2, 0) is 4.74 Å². The van der Waals surface area contributed by atoms with Crippen LogP contribution in [0.15, 0.2) is 36.5 Å². The second kappa shape index (κ2) is 5.67. The maximum absolute atomic E-state index is 11.8. The number of aromatic nitrogens is 2. The van der Waals surface area contributed by atoms with Gasteiger partial charge in [0.1, 0.15) is 5.69 Å². The average Bonchev–Trinajstić information content (AvgIpc) is 2.93. The van der Waals surface area contributed by atoms with E-state index in [1.165, 1.54) is 13.3 Å². The third-order valence-corrected chi connectivity index (χ3v) is 2.30. The molecule has 3 N–H and O–H groups in total. The Morgan fingerprint density at radius 1 is 1.21 bits per heavy atom. The zero-order valence-corrected chi connectivity index (χ0v) is 10.1. The van der Waals surface area contributed by atoms with Crippen LogP contribution < -0.4 is 10.6 Å². The Morgan fingerprint density at radius 2 is 1.95 bits per heavy atom. The highest BCUT2D eigenvalue weighted by molar-refractivity contribution is 6.03. The normalized spacial score (nSPS) is 9.74. The summed E-state index contributed by atoms with van der Waals surface area (Å²) in [5.74, 6) is -0.312. The van der Waals surface area contributed by atoms with Crippen LogP contribution in [0.2, 0.25) is 0 Å². The van der Waals surface area contributed by atoms with Gasteiger partial charge in [-0.15, -0.1) is 0 Å². The molecular formula is C12H12N4O3. The summed E-state index contributed by atoms with van der Waals surface area (Å²) in [5, 5.41) is 11.4. The Balaban J connectivity index is 2.07. The lowest BCUT2D eigenvalue weighted by Crippen LogP contribution is -2.14. The molecule has 0 saturated carbocycles. The van der Waals surface area contributed by atoms with Crippen molar-refractivity contribution in [3.8, 4) is 0 Å². The zero-order chi connectivity index (χ0) is 13.7. The summed E-state index contributed by atoms with van der Waals surface area (Å²) >= 11 is 0. The first-order valence-corrected chi connectivity index (χ1v) is 5.45. The summed E-state index contributed by atoms with van der Waals surface area (Å²) < 4.78 is 4.48. The van der Waals surface area contributed by atoms with E-state index in [-0.39, 0.29) is 5.91 Å². The molecule has 2 amide bonds. The molecule has 2 aromatic rings. The highest BCUT2D eigenvalue weighted by Crippen LogP contribution is 2.15. The molecule has 7 heteroatoms. The number of benzene rings is 1. The molecule has 0 bridgehead atoms. The van der Waals surface area contributed by atoms with E-state index in [0.717, 1.165) is 0 Å². The molecule has 0 aliphatic rings. The molecular weight excluding hydrogens is 248 g/mol. The summed E-state index contributed by atoms with van der Waals surface area (Å²) in [6.45, 7) is 0. The quantitative estimate of drug-likeness (QED) is 0.784. The summed E-state index contributed by atoms with van der Waals surface area (Å²) in [4.78, 5) is 22.8. The van der Waals surface area contributed by atoms with Crippen molar-refractivity contribution in [2.45, 2.75) is 0 Å². The Kier molecular flexibility index (Phi) is 3.77. The van der Waals surface area contributed by atoms with Gasteiger partial charge in [0.25, 0.3) is 5.91 Å². The lowest BCUT2D eigenvalue weighted by molar-refractivity contribution is 0.102. The van der Waals surface area contributed by atoms with Gasteiger partial charge in [0.15, 0.2) is 0 Å². The van der Waals surface area contributed by atoms with E-state index in [9.17, 15) is 9.59 Å². The minimum absolute atomic E-state index is 0.312. The van der Waals surface area contributed by atoms with Crippen LogP contribution in [0.5, 0.6) is 0 Å². The molecule has 1 aromatic carbocycles. The molecule has 98 valence electrons. The van der Waals surface area contributed by atoms with E-state index >= 15 is 0 Å². The predicted octanol–water partition coefficient (Wildman–Crippen LogP) is 1.84. The van der Waals surface area contributed by atoms with Gasteiger partial charge in [0.2, 0.25) is 0 Å². The van der Waals surface area contributed by atoms with Crippen molar-refractivity contribution in [2.75, 3.05) is 17.7 Å². The van der Waals surface area contributed by atoms with E-state index < -0.39 is 6.09 Å². The molecule has 0 saturated heterocycles. The van der Waals surface area contributed by atoms with E-state index in [1.54, 1.807) is 30.3 Å². The monoisotopic (exact) mass is 260 g/mol. The number of rotatable bonds is 3. The topological polar surface area (TPSA) is 96.1 Å². The lowest BCUT2D eigenvalue weighted by Gasteiger charge is -2.07. The minimum Gasteiger partial charge on any atom is -0.453 e. The number of methoxy groups -OCH3 is 1. The van der Waals surface area contributed by atoms with E-state index in [4.69, 9.17) is 0 Å². The van der Waals surface area contributed by atoms with Crippen LogP contribution in [0, 0.1) is 0 Å². The number of ether oxygens (including phenoxy) is 1. The Hall–Kier alpha value is -2.83. The predicted molar refractivity (Wildman–Crippen MR) is 69.0 cm³/mol. The first kappa shape index (κ1) is 12.6. The van der Waals surface area contributed by atoms with Gasteiger partial charge in [-0.05, 0) is 24.3 Å². The molecule has 0 spiro atoms. The molecule has 0 atom stereocenters. The zero-order valence-electron chi connectivity index (χ0n) is 10.1. The van der Waals surface area contributed by atoms with Crippen LogP contribution in [0.4, 0.5) is 16.2 Å². The third kappa shape index (κ3) is 3.32. The summed E-state index contributed by atoms with van der Waals surface area (Å²) in [5.41, 5.74) is 1.43. The number of nitrogens with one attached hydrogen (secondary N) is 3. The summed E-state index contributed by atoms with van der Waals surface area (Å²) in [7, 11) is 1.28. The number of amides is 2. The maximum Gasteiger partial charge on any atom is 0.411 e. The first-order valence-electron chi connectivity index (χ1n) is 5.45. The van der Waals surface area contributed by atoms with Crippen molar-refractivity contribution in [2.24, 2.45) is 0 Å². The number of H-pyrrole nitrogens is 1. The third-order valence-electron chi connectivity index (χ3n) is 2.30. The molecule has 0 fully saturated rings. The molecule has 0 aliphatic heterocycles. The van der Waals surface area contributed by atoms with Crippen LogP contribution >= 0.6 is 0 Å². The molecule has 0 aliphatic carbocycles. The maximum atomic E-state index is 11.8. The van der Waals surface area contributed by atoms with Gasteiger partial charge in [-0.25, -0.2) is 4.79 Å². The van der Waals surface area contributed by atoms with Gasteiger partial charge >= 0.3 is 6.09 Å². The molecule has 1 aromatic heterocycles. The van der Waals surface area contributed by atoms with Crippen molar-refractivity contribution < 1.29 is 14.3 Å².